The highest BCUT2D eigenvalue weighted by Gasteiger charge is 2.31. The van der Waals surface area contributed by atoms with Crippen molar-refractivity contribution in [1.29, 1.82) is 5.26 Å². The maximum atomic E-state index is 12.6. The van der Waals surface area contributed by atoms with Crippen molar-refractivity contribution in [2.45, 2.75) is 26.4 Å². The lowest BCUT2D eigenvalue weighted by Crippen LogP contribution is -2.29. The molecule has 0 aliphatic heterocycles. The van der Waals surface area contributed by atoms with E-state index in [2.05, 4.69) is 5.32 Å². The molecule has 1 unspecified atom stereocenters. The topological polar surface area (TPSA) is 56.0 Å². The molecule has 0 saturated heterocycles. The molecule has 1 rings (SSSR count). The number of rotatable bonds is 5. The van der Waals surface area contributed by atoms with Gasteiger partial charge in [0.2, 0.25) is 0 Å². The lowest BCUT2D eigenvalue weighted by atomic mass is 9.88. The summed E-state index contributed by atoms with van der Waals surface area (Å²) in [5, 5.41) is 21.2. The van der Waals surface area contributed by atoms with Crippen LogP contribution in [0.4, 0.5) is 18.9 Å². The quantitative estimate of drug-likeness (QED) is 0.872. The van der Waals surface area contributed by atoms with Crippen LogP contribution < -0.4 is 5.32 Å². The van der Waals surface area contributed by atoms with E-state index in [0.717, 1.165) is 12.1 Å². The van der Waals surface area contributed by atoms with Crippen LogP contribution in [0.3, 0.4) is 0 Å². The second kappa shape index (κ2) is 6.14. The largest absolute Gasteiger partial charge is 0.416 e. The zero-order valence-corrected chi connectivity index (χ0v) is 11.4. The first kappa shape index (κ1) is 16.3. The van der Waals surface area contributed by atoms with Gasteiger partial charge in [-0.2, -0.15) is 18.4 Å². The van der Waals surface area contributed by atoms with Gasteiger partial charge >= 0.3 is 6.18 Å². The van der Waals surface area contributed by atoms with Crippen molar-refractivity contribution in [2.75, 3.05) is 18.5 Å². The number of nitrogens with zero attached hydrogens (tertiary/aromatic N) is 1. The molecule has 0 fully saturated rings. The van der Waals surface area contributed by atoms with Crippen LogP contribution in [0, 0.1) is 16.7 Å². The summed E-state index contributed by atoms with van der Waals surface area (Å²) in [6.07, 6.45) is -3.76. The van der Waals surface area contributed by atoms with Gasteiger partial charge in [-0.1, -0.05) is 13.8 Å². The van der Waals surface area contributed by atoms with Gasteiger partial charge in [0.15, 0.2) is 0 Å². The Bertz CT molecular complexity index is 502. The number of anilines is 1. The van der Waals surface area contributed by atoms with E-state index < -0.39 is 11.7 Å². The van der Waals surface area contributed by atoms with E-state index in [0.29, 0.717) is 18.7 Å². The number of benzene rings is 1. The molecule has 0 saturated carbocycles. The van der Waals surface area contributed by atoms with Crippen molar-refractivity contribution in [1.82, 2.24) is 0 Å². The zero-order valence-electron chi connectivity index (χ0n) is 11.4. The fourth-order valence-electron chi connectivity index (χ4n) is 1.57. The van der Waals surface area contributed by atoms with Crippen LogP contribution in [0.1, 0.15) is 31.4 Å². The number of halogens is 3. The third-order valence-electron chi connectivity index (χ3n) is 3.41. The minimum absolute atomic E-state index is 0.0426. The number of hydrogen-bond donors (Lipinski definition) is 2. The van der Waals surface area contributed by atoms with E-state index in [9.17, 15) is 18.3 Å². The lowest BCUT2D eigenvalue weighted by Gasteiger charge is -2.26. The summed E-state index contributed by atoms with van der Waals surface area (Å²) in [6, 6.07) is 4.76. The Morgan fingerprint density at radius 2 is 2.00 bits per heavy atom. The first-order valence-corrected chi connectivity index (χ1v) is 6.22. The highest BCUT2D eigenvalue weighted by atomic mass is 19.4. The first-order chi connectivity index (χ1) is 9.25. The van der Waals surface area contributed by atoms with E-state index in [4.69, 9.17) is 5.26 Å². The third kappa shape index (κ3) is 3.87. The standard InChI is InChI=1S/C14H17F3N2O/c1-3-13(2,9-20)8-19-12-5-4-11(14(15,16)17)6-10(12)7-18/h4-6,19-20H,3,8-9H2,1-2H3. The fraction of sp³-hybridized carbons (Fsp3) is 0.500. The Hall–Kier alpha value is -1.74. The Balaban J connectivity index is 2.95. The molecule has 1 aromatic carbocycles. The number of alkyl halides is 3. The van der Waals surface area contributed by atoms with Crippen LogP contribution in [0.25, 0.3) is 0 Å². The fourth-order valence-corrected chi connectivity index (χ4v) is 1.57. The van der Waals surface area contributed by atoms with E-state index in [1.165, 1.54) is 6.07 Å². The molecule has 6 heteroatoms. The average Bonchev–Trinajstić information content (AvgIpc) is 2.43. The monoisotopic (exact) mass is 286 g/mol. The third-order valence-corrected chi connectivity index (χ3v) is 3.41. The molecule has 0 heterocycles. The molecule has 2 N–H and O–H groups in total. The zero-order chi connectivity index (χ0) is 15.4. The number of nitriles is 1. The molecule has 1 atom stereocenters. The molecule has 0 amide bonds. The van der Waals surface area contributed by atoms with Crippen molar-refractivity contribution in [3.8, 4) is 6.07 Å². The Labute approximate surface area is 116 Å². The summed E-state index contributed by atoms with van der Waals surface area (Å²) >= 11 is 0. The minimum atomic E-state index is -4.47. The van der Waals surface area contributed by atoms with Gasteiger partial charge in [0, 0.05) is 12.0 Å². The molecule has 0 aromatic heterocycles. The van der Waals surface area contributed by atoms with Crippen LogP contribution in [-0.4, -0.2) is 18.3 Å². The maximum Gasteiger partial charge on any atom is 0.416 e. The van der Waals surface area contributed by atoms with Crippen molar-refractivity contribution in [2.24, 2.45) is 5.41 Å². The van der Waals surface area contributed by atoms with Crippen molar-refractivity contribution in [3.05, 3.63) is 29.3 Å². The van der Waals surface area contributed by atoms with E-state index in [-0.39, 0.29) is 17.6 Å². The SMILES string of the molecule is CCC(C)(CO)CNc1ccc(C(F)(F)F)cc1C#N. The highest BCUT2D eigenvalue weighted by molar-refractivity contribution is 5.59. The number of aliphatic hydroxyl groups excluding tert-OH is 1. The van der Waals surface area contributed by atoms with Crippen molar-refractivity contribution >= 4 is 5.69 Å². The van der Waals surface area contributed by atoms with Crippen LogP contribution in [0.5, 0.6) is 0 Å². The van der Waals surface area contributed by atoms with Gasteiger partial charge in [-0.3, -0.25) is 0 Å². The average molecular weight is 286 g/mol. The Morgan fingerprint density at radius 3 is 2.45 bits per heavy atom. The van der Waals surface area contributed by atoms with E-state index >= 15 is 0 Å². The summed E-state index contributed by atoms with van der Waals surface area (Å²) in [4.78, 5) is 0. The molecular formula is C14H17F3N2O. The molecule has 0 spiro atoms. The van der Waals surface area contributed by atoms with Crippen molar-refractivity contribution in [3.63, 3.8) is 0 Å². The summed E-state index contributed by atoms with van der Waals surface area (Å²) in [6.45, 7) is 4.10. The Morgan fingerprint density at radius 1 is 1.35 bits per heavy atom. The second-order valence-electron chi connectivity index (χ2n) is 5.05. The molecule has 0 bridgehead atoms. The summed E-state index contributed by atoms with van der Waals surface area (Å²) < 4.78 is 37.7. The lowest BCUT2D eigenvalue weighted by molar-refractivity contribution is -0.137. The van der Waals surface area contributed by atoms with Gasteiger partial charge in [0.25, 0.3) is 0 Å². The molecule has 0 aliphatic carbocycles. The van der Waals surface area contributed by atoms with Gasteiger partial charge in [-0.05, 0) is 24.6 Å². The molecule has 20 heavy (non-hydrogen) atoms. The van der Waals surface area contributed by atoms with Gasteiger partial charge in [-0.15, -0.1) is 0 Å². The first-order valence-electron chi connectivity index (χ1n) is 6.22. The van der Waals surface area contributed by atoms with Gasteiger partial charge in [0.05, 0.1) is 23.4 Å². The van der Waals surface area contributed by atoms with E-state index in [1.54, 1.807) is 6.07 Å². The van der Waals surface area contributed by atoms with Crippen molar-refractivity contribution < 1.29 is 18.3 Å². The smallest absolute Gasteiger partial charge is 0.396 e. The summed E-state index contributed by atoms with van der Waals surface area (Å²) in [5.41, 5.74) is -0.944. The van der Waals surface area contributed by atoms with Crippen LogP contribution >= 0.6 is 0 Å². The summed E-state index contributed by atoms with van der Waals surface area (Å²) in [5.74, 6) is 0. The van der Waals surface area contributed by atoms with Crippen LogP contribution in [0.15, 0.2) is 18.2 Å². The molecule has 0 radical (unpaired) electrons. The second-order valence-corrected chi connectivity index (χ2v) is 5.05. The summed E-state index contributed by atoms with van der Waals surface area (Å²) in [7, 11) is 0. The van der Waals surface area contributed by atoms with Gasteiger partial charge < -0.3 is 10.4 Å². The van der Waals surface area contributed by atoms with E-state index in [1.807, 2.05) is 13.8 Å². The number of aliphatic hydroxyl groups is 1. The van der Waals surface area contributed by atoms with Crippen LogP contribution in [0.2, 0.25) is 0 Å². The predicted octanol–water partition coefficient (Wildman–Crippen LogP) is 3.40. The number of hydrogen-bond acceptors (Lipinski definition) is 3. The van der Waals surface area contributed by atoms with Crippen LogP contribution in [-0.2, 0) is 6.18 Å². The molecule has 0 aliphatic rings. The molecule has 3 nitrogen and oxygen atoms in total. The number of nitrogens with one attached hydrogen (secondary N) is 1. The Kier molecular flexibility index (Phi) is 5.01. The predicted molar refractivity (Wildman–Crippen MR) is 70.1 cm³/mol. The maximum absolute atomic E-state index is 12.6. The van der Waals surface area contributed by atoms with Gasteiger partial charge in [-0.25, -0.2) is 0 Å². The highest BCUT2D eigenvalue weighted by Crippen LogP contribution is 2.32. The molecular weight excluding hydrogens is 269 g/mol. The molecule has 1 aromatic rings. The van der Waals surface area contributed by atoms with Gasteiger partial charge in [0.1, 0.15) is 6.07 Å². The minimum Gasteiger partial charge on any atom is -0.396 e. The normalized spacial score (nSPS) is 14.4. The molecule has 110 valence electrons.